The molecule has 1 aromatic carbocycles. The lowest BCUT2D eigenvalue weighted by Gasteiger charge is -2.35. The lowest BCUT2D eigenvalue weighted by Crippen LogP contribution is -2.41. The number of fused-ring (bicyclic) bond motifs is 1. The van der Waals surface area contributed by atoms with Crippen LogP contribution in [0, 0.1) is 0 Å². The number of hydrogen-bond donors (Lipinski definition) is 1. The Morgan fingerprint density at radius 1 is 1.56 bits per heavy atom. The lowest BCUT2D eigenvalue weighted by molar-refractivity contribution is 0.414. The molecule has 88 valence electrons. The van der Waals surface area contributed by atoms with E-state index in [9.17, 15) is 0 Å². The molecule has 0 aromatic heterocycles. The summed E-state index contributed by atoms with van der Waals surface area (Å²) in [5, 5.41) is 0.658. The van der Waals surface area contributed by atoms with Gasteiger partial charge in [-0.05, 0) is 30.5 Å². The summed E-state index contributed by atoms with van der Waals surface area (Å²) >= 11 is 6.13. The van der Waals surface area contributed by atoms with E-state index >= 15 is 0 Å². The van der Waals surface area contributed by atoms with Crippen molar-refractivity contribution in [3.8, 4) is 5.75 Å². The van der Waals surface area contributed by atoms with Crippen molar-refractivity contribution in [1.82, 2.24) is 0 Å². The maximum atomic E-state index is 6.13. The number of methoxy groups -OCH3 is 1. The predicted octanol–water partition coefficient (Wildman–Crippen LogP) is 2.06. The van der Waals surface area contributed by atoms with E-state index in [0.717, 1.165) is 18.6 Å². The van der Waals surface area contributed by atoms with Crippen LogP contribution in [0.15, 0.2) is 12.1 Å². The molecule has 2 N–H and O–H groups in total. The Morgan fingerprint density at radius 3 is 2.94 bits per heavy atom. The monoisotopic (exact) mass is 240 g/mol. The molecule has 1 heterocycles. The molecule has 0 saturated heterocycles. The molecule has 0 fully saturated rings. The summed E-state index contributed by atoms with van der Waals surface area (Å²) in [5.74, 6) is 0.750. The Balaban J connectivity index is 2.41. The average Bonchev–Trinajstić information content (AvgIpc) is 2.30. The van der Waals surface area contributed by atoms with Crippen molar-refractivity contribution < 1.29 is 4.74 Å². The van der Waals surface area contributed by atoms with Crippen LogP contribution in [-0.4, -0.2) is 26.7 Å². The van der Waals surface area contributed by atoms with Crippen molar-refractivity contribution in [3.05, 3.63) is 22.7 Å². The topological polar surface area (TPSA) is 38.5 Å². The highest BCUT2D eigenvalue weighted by molar-refractivity contribution is 6.32. The van der Waals surface area contributed by atoms with Gasteiger partial charge in [0.1, 0.15) is 5.75 Å². The summed E-state index contributed by atoms with van der Waals surface area (Å²) in [4.78, 5) is 2.21. The third-order valence-electron chi connectivity index (χ3n) is 3.30. The Morgan fingerprint density at radius 2 is 2.31 bits per heavy atom. The highest BCUT2D eigenvalue weighted by atomic mass is 35.5. The normalized spacial score (nSPS) is 19.5. The molecule has 0 radical (unpaired) electrons. The van der Waals surface area contributed by atoms with E-state index in [0.29, 0.717) is 17.6 Å². The lowest BCUT2D eigenvalue weighted by atomic mass is 9.96. The zero-order chi connectivity index (χ0) is 11.7. The van der Waals surface area contributed by atoms with Crippen LogP contribution in [0.2, 0.25) is 5.02 Å². The largest absolute Gasteiger partial charge is 0.495 e. The van der Waals surface area contributed by atoms with Gasteiger partial charge in [0.25, 0.3) is 0 Å². The minimum absolute atomic E-state index is 0.414. The van der Waals surface area contributed by atoms with Crippen molar-refractivity contribution in [1.29, 1.82) is 0 Å². The first-order valence-electron chi connectivity index (χ1n) is 5.46. The third kappa shape index (κ3) is 1.85. The molecule has 4 heteroatoms. The number of rotatable bonds is 2. The van der Waals surface area contributed by atoms with E-state index in [1.807, 2.05) is 12.1 Å². The van der Waals surface area contributed by atoms with Gasteiger partial charge in [0.2, 0.25) is 0 Å². The van der Waals surface area contributed by atoms with E-state index in [1.54, 1.807) is 7.11 Å². The number of benzene rings is 1. The zero-order valence-electron chi connectivity index (χ0n) is 9.66. The summed E-state index contributed by atoms with van der Waals surface area (Å²) in [6, 6.07) is 4.41. The summed E-state index contributed by atoms with van der Waals surface area (Å²) in [5.41, 5.74) is 8.20. The van der Waals surface area contributed by atoms with E-state index in [2.05, 4.69) is 11.9 Å². The molecule has 0 saturated carbocycles. The number of nitrogens with zero attached hydrogens (tertiary/aromatic N) is 1. The molecule has 16 heavy (non-hydrogen) atoms. The second kappa shape index (κ2) is 4.52. The van der Waals surface area contributed by atoms with Gasteiger partial charge in [0, 0.05) is 25.3 Å². The van der Waals surface area contributed by atoms with Gasteiger partial charge in [-0.3, -0.25) is 0 Å². The molecule has 1 aromatic rings. The van der Waals surface area contributed by atoms with Gasteiger partial charge in [-0.15, -0.1) is 0 Å². The minimum Gasteiger partial charge on any atom is -0.495 e. The van der Waals surface area contributed by atoms with Gasteiger partial charge in [0.05, 0.1) is 12.1 Å². The molecule has 0 spiro atoms. The van der Waals surface area contributed by atoms with Gasteiger partial charge in [-0.25, -0.2) is 0 Å². The van der Waals surface area contributed by atoms with E-state index < -0.39 is 0 Å². The van der Waals surface area contributed by atoms with Crippen LogP contribution >= 0.6 is 11.6 Å². The van der Waals surface area contributed by atoms with E-state index in [-0.39, 0.29) is 0 Å². The van der Waals surface area contributed by atoms with Crippen molar-refractivity contribution in [2.24, 2.45) is 5.73 Å². The van der Waals surface area contributed by atoms with Gasteiger partial charge in [-0.1, -0.05) is 11.6 Å². The molecule has 0 bridgehead atoms. The molecule has 1 aliphatic heterocycles. The van der Waals surface area contributed by atoms with Crippen LogP contribution in [0.5, 0.6) is 5.75 Å². The first-order chi connectivity index (χ1) is 7.67. The summed E-state index contributed by atoms with van der Waals surface area (Å²) in [6.07, 6.45) is 2.12. The van der Waals surface area contributed by atoms with Crippen LogP contribution in [-0.2, 0) is 6.42 Å². The molecule has 1 aliphatic rings. The van der Waals surface area contributed by atoms with E-state index in [4.69, 9.17) is 22.1 Å². The van der Waals surface area contributed by atoms with Crippen molar-refractivity contribution >= 4 is 17.3 Å². The number of aryl methyl sites for hydroxylation is 1. The molecule has 2 rings (SSSR count). The zero-order valence-corrected chi connectivity index (χ0v) is 10.4. The maximum absolute atomic E-state index is 6.13. The molecule has 1 atom stereocenters. The van der Waals surface area contributed by atoms with Crippen LogP contribution in [0.1, 0.15) is 12.0 Å². The first-order valence-corrected chi connectivity index (χ1v) is 5.84. The average molecular weight is 241 g/mol. The van der Waals surface area contributed by atoms with Gasteiger partial charge in [0.15, 0.2) is 0 Å². The fourth-order valence-electron chi connectivity index (χ4n) is 2.26. The number of nitrogens with two attached hydrogens (primary N) is 1. The quantitative estimate of drug-likeness (QED) is 0.860. The fourth-order valence-corrected chi connectivity index (χ4v) is 2.49. The van der Waals surface area contributed by atoms with E-state index in [1.165, 1.54) is 11.3 Å². The Hall–Kier alpha value is -0.930. The minimum atomic E-state index is 0.414. The highest BCUT2D eigenvalue weighted by Gasteiger charge is 2.23. The SMILES string of the molecule is COc1cc2c(cc1Cl)N(C)C(CN)CC2. The predicted molar refractivity (Wildman–Crippen MR) is 67.6 cm³/mol. The Labute approximate surface area is 101 Å². The van der Waals surface area contributed by atoms with Gasteiger partial charge < -0.3 is 15.4 Å². The van der Waals surface area contributed by atoms with Crippen molar-refractivity contribution in [2.45, 2.75) is 18.9 Å². The van der Waals surface area contributed by atoms with Crippen LogP contribution in [0.25, 0.3) is 0 Å². The molecular formula is C12H17ClN2O. The van der Waals surface area contributed by atoms with Gasteiger partial charge in [-0.2, -0.15) is 0 Å². The molecular weight excluding hydrogens is 224 g/mol. The van der Waals surface area contributed by atoms with Crippen molar-refractivity contribution in [3.63, 3.8) is 0 Å². The summed E-state index contributed by atoms with van der Waals surface area (Å²) < 4.78 is 5.22. The standard InChI is InChI=1S/C12H17ClN2O/c1-15-9(7-14)4-3-8-5-12(16-2)10(13)6-11(8)15/h5-6,9H,3-4,7,14H2,1-2H3. The highest BCUT2D eigenvalue weighted by Crippen LogP contribution is 2.36. The number of hydrogen-bond acceptors (Lipinski definition) is 3. The molecule has 0 amide bonds. The summed E-state index contributed by atoms with van der Waals surface area (Å²) in [6.45, 7) is 0.680. The van der Waals surface area contributed by atoms with Gasteiger partial charge >= 0.3 is 0 Å². The Bertz CT molecular complexity index is 395. The van der Waals surface area contributed by atoms with Crippen LogP contribution in [0.4, 0.5) is 5.69 Å². The number of halogens is 1. The fraction of sp³-hybridized carbons (Fsp3) is 0.500. The number of ether oxygens (including phenoxy) is 1. The van der Waals surface area contributed by atoms with Crippen LogP contribution < -0.4 is 15.4 Å². The van der Waals surface area contributed by atoms with Crippen molar-refractivity contribution in [2.75, 3.05) is 25.6 Å². The maximum Gasteiger partial charge on any atom is 0.137 e. The second-order valence-electron chi connectivity index (χ2n) is 4.15. The Kier molecular flexibility index (Phi) is 3.26. The molecule has 3 nitrogen and oxygen atoms in total. The van der Waals surface area contributed by atoms with Crippen LogP contribution in [0.3, 0.4) is 0 Å². The first kappa shape index (κ1) is 11.6. The second-order valence-corrected chi connectivity index (χ2v) is 4.56. The third-order valence-corrected chi connectivity index (χ3v) is 3.60. The molecule has 0 aliphatic carbocycles. The number of anilines is 1. The number of likely N-dealkylation sites (N-methyl/N-ethyl adjacent to an activating group) is 1. The smallest absolute Gasteiger partial charge is 0.137 e. The summed E-state index contributed by atoms with van der Waals surface area (Å²) in [7, 11) is 3.71. The molecule has 1 unspecified atom stereocenters.